The summed E-state index contributed by atoms with van der Waals surface area (Å²) in [5.41, 5.74) is 1.25. The first kappa shape index (κ1) is 12.0. The van der Waals surface area contributed by atoms with Crippen molar-refractivity contribution >= 4 is 22.4 Å². The SMILES string of the molecule is CC1(CNc2nc3c(s2)CCCC3C(=O)O)CC1. The highest BCUT2D eigenvalue weighted by atomic mass is 32.1. The van der Waals surface area contributed by atoms with Gasteiger partial charge in [-0.3, -0.25) is 4.79 Å². The largest absolute Gasteiger partial charge is 0.481 e. The van der Waals surface area contributed by atoms with Gasteiger partial charge in [-0.1, -0.05) is 6.92 Å². The first-order chi connectivity index (χ1) is 8.57. The molecule has 1 atom stereocenters. The van der Waals surface area contributed by atoms with Gasteiger partial charge in [0, 0.05) is 11.4 Å². The fourth-order valence-electron chi connectivity index (χ4n) is 2.41. The quantitative estimate of drug-likeness (QED) is 0.879. The fraction of sp³-hybridized carbons (Fsp3) is 0.692. The smallest absolute Gasteiger partial charge is 0.312 e. The van der Waals surface area contributed by atoms with Gasteiger partial charge in [-0.05, 0) is 37.5 Å². The molecule has 0 radical (unpaired) electrons. The molecule has 0 spiro atoms. The summed E-state index contributed by atoms with van der Waals surface area (Å²) < 4.78 is 0. The van der Waals surface area contributed by atoms with E-state index in [1.54, 1.807) is 11.3 Å². The van der Waals surface area contributed by atoms with Crippen LogP contribution in [0.25, 0.3) is 0 Å². The summed E-state index contributed by atoms with van der Waals surface area (Å²) >= 11 is 1.64. The second-order valence-corrected chi connectivity index (χ2v) is 6.86. The summed E-state index contributed by atoms with van der Waals surface area (Å²) in [6.45, 7) is 3.23. The number of thiazole rings is 1. The van der Waals surface area contributed by atoms with E-state index in [4.69, 9.17) is 0 Å². The van der Waals surface area contributed by atoms with E-state index in [0.717, 1.165) is 41.5 Å². The number of rotatable bonds is 4. The van der Waals surface area contributed by atoms with Crippen LogP contribution in [-0.2, 0) is 11.2 Å². The molecule has 1 fully saturated rings. The second kappa shape index (κ2) is 4.23. The lowest BCUT2D eigenvalue weighted by Crippen LogP contribution is -2.17. The van der Waals surface area contributed by atoms with Crippen LogP contribution in [0.15, 0.2) is 0 Å². The third-order valence-electron chi connectivity index (χ3n) is 4.02. The zero-order valence-corrected chi connectivity index (χ0v) is 11.3. The molecule has 1 unspecified atom stereocenters. The molecular weight excluding hydrogens is 248 g/mol. The average molecular weight is 266 g/mol. The summed E-state index contributed by atoms with van der Waals surface area (Å²) in [7, 11) is 0. The molecule has 1 saturated carbocycles. The number of fused-ring (bicyclic) bond motifs is 1. The first-order valence-corrected chi connectivity index (χ1v) is 7.35. The third-order valence-corrected chi connectivity index (χ3v) is 5.11. The summed E-state index contributed by atoms with van der Waals surface area (Å²) in [6, 6.07) is 0. The van der Waals surface area contributed by atoms with Gasteiger partial charge >= 0.3 is 5.97 Å². The molecule has 1 aromatic heterocycles. The monoisotopic (exact) mass is 266 g/mol. The van der Waals surface area contributed by atoms with Crippen molar-refractivity contribution in [2.75, 3.05) is 11.9 Å². The Morgan fingerprint density at radius 3 is 3.06 bits per heavy atom. The highest BCUT2D eigenvalue weighted by molar-refractivity contribution is 7.15. The maximum absolute atomic E-state index is 11.2. The van der Waals surface area contributed by atoms with E-state index in [1.165, 1.54) is 12.8 Å². The van der Waals surface area contributed by atoms with Crippen molar-refractivity contribution in [3.63, 3.8) is 0 Å². The molecule has 98 valence electrons. The lowest BCUT2D eigenvalue weighted by atomic mass is 9.91. The van der Waals surface area contributed by atoms with Crippen molar-refractivity contribution in [1.82, 2.24) is 4.98 Å². The number of anilines is 1. The topological polar surface area (TPSA) is 62.2 Å². The van der Waals surface area contributed by atoms with Crippen LogP contribution in [0.5, 0.6) is 0 Å². The number of carboxylic acid groups (broad SMARTS) is 1. The molecule has 5 heteroatoms. The average Bonchev–Trinajstić information content (AvgIpc) is 2.92. The van der Waals surface area contributed by atoms with Gasteiger partial charge in [-0.2, -0.15) is 0 Å². The van der Waals surface area contributed by atoms with E-state index in [2.05, 4.69) is 17.2 Å². The highest BCUT2D eigenvalue weighted by Gasteiger charge is 2.37. The minimum absolute atomic E-state index is 0.392. The van der Waals surface area contributed by atoms with Crippen LogP contribution < -0.4 is 5.32 Å². The van der Waals surface area contributed by atoms with Gasteiger partial charge in [0.05, 0.1) is 5.69 Å². The molecule has 0 aromatic carbocycles. The minimum Gasteiger partial charge on any atom is -0.481 e. The first-order valence-electron chi connectivity index (χ1n) is 6.54. The molecule has 0 saturated heterocycles. The standard InChI is InChI=1S/C13H18N2O2S/c1-13(5-6-13)7-14-12-15-10-8(11(16)17)3-2-4-9(10)18-12/h8H,2-7H2,1H3,(H,14,15)(H,16,17). The van der Waals surface area contributed by atoms with Crippen molar-refractivity contribution < 1.29 is 9.90 Å². The molecule has 2 N–H and O–H groups in total. The Labute approximate surface area is 110 Å². The van der Waals surface area contributed by atoms with Crippen LogP contribution in [0.4, 0.5) is 5.13 Å². The lowest BCUT2D eigenvalue weighted by molar-refractivity contribution is -0.139. The van der Waals surface area contributed by atoms with Gasteiger partial charge in [0.2, 0.25) is 0 Å². The van der Waals surface area contributed by atoms with E-state index in [9.17, 15) is 9.90 Å². The summed E-state index contributed by atoms with van der Waals surface area (Å²) in [6.07, 6.45) is 5.23. The van der Waals surface area contributed by atoms with Crippen LogP contribution in [0.2, 0.25) is 0 Å². The summed E-state index contributed by atoms with van der Waals surface area (Å²) in [5, 5.41) is 13.5. The number of nitrogens with one attached hydrogen (secondary N) is 1. The van der Waals surface area contributed by atoms with Crippen LogP contribution in [0.1, 0.15) is 49.1 Å². The molecule has 2 aliphatic carbocycles. The summed E-state index contributed by atoms with van der Waals surface area (Å²) in [5.74, 6) is -1.13. The predicted octanol–water partition coefficient (Wildman–Crippen LogP) is 2.86. The molecule has 3 rings (SSSR count). The minimum atomic E-state index is -0.734. The van der Waals surface area contributed by atoms with Gasteiger partial charge in [0.25, 0.3) is 0 Å². The number of carbonyl (C=O) groups is 1. The van der Waals surface area contributed by atoms with E-state index < -0.39 is 11.9 Å². The molecule has 0 bridgehead atoms. The zero-order valence-electron chi connectivity index (χ0n) is 10.5. The number of aromatic nitrogens is 1. The normalized spacial score (nSPS) is 24.4. The van der Waals surface area contributed by atoms with Crippen molar-refractivity contribution in [3.8, 4) is 0 Å². The van der Waals surface area contributed by atoms with Gasteiger partial charge < -0.3 is 10.4 Å². The van der Waals surface area contributed by atoms with Gasteiger partial charge in [-0.25, -0.2) is 4.98 Å². The molecule has 4 nitrogen and oxygen atoms in total. The van der Waals surface area contributed by atoms with Gasteiger partial charge in [-0.15, -0.1) is 11.3 Å². The van der Waals surface area contributed by atoms with Crippen LogP contribution >= 0.6 is 11.3 Å². The Morgan fingerprint density at radius 1 is 1.61 bits per heavy atom. The van der Waals surface area contributed by atoms with E-state index in [0.29, 0.717) is 5.41 Å². The molecule has 18 heavy (non-hydrogen) atoms. The second-order valence-electron chi connectivity index (χ2n) is 5.77. The number of aliphatic carboxylic acids is 1. The Hall–Kier alpha value is -1.10. The van der Waals surface area contributed by atoms with Gasteiger partial charge in [0.15, 0.2) is 5.13 Å². The molecule has 0 aliphatic heterocycles. The van der Waals surface area contributed by atoms with E-state index in [1.807, 2.05) is 0 Å². The number of carboxylic acids is 1. The Bertz CT molecular complexity index is 479. The molecule has 1 aromatic rings. The number of nitrogens with zero attached hydrogens (tertiary/aromatic N) is 1. The van der Waals surface area contributed by atoms with Crippen LogP contribution in [-0.4, -0.2) is 22.6 Å². The Kier molecular flexibility index (Phi) is 2.81. The molecule has 2 aliphatic rings. The van der Waals surface area contributed by atoms with Crippen molar-refractivity contribution in [1.29, 1.82) is 0 Å². The van der Waals surface area contributed by atoms with Crippen molar-refractivity contribution in [3.05, 3.63) is 10.6 Å². The van der Waals surface area contributed by atoms with Gasteiger partial charge in [0.1, 0.15) is 5.92 Å². The number of aryl methyl sites for hydroxylation is 1. The Balaban J connectivity index is 1.75. The van der Waals surface area contributed by atoms with Crippen molar-refractivity contribution in [2.24, 2.45) is 5.41 Å². The third kappa shape index (κ3) is 2.23. The maximum atomic E-state index is 11.2. The maximum Gasteiger partial charge on any atom is 0.312 e. The summed E-state index contributed by atoms with van der Waals surface area (Å²) in [4.78, 5) is 16.9. The predicted molar refractivity (Wildman–Crippen MR) is 71.3 cm³/mol. The van der Waals surface area contributed by atoms with E-state index >= 15 is 0 Å². The number of hydrogen-bond donors (Lipinski definition) is 2. The Morgan fingerprint density at radius 2 is 2.39 bits per heavy atom. The van der Waals surface area contributed by atoms with Crippen LogP contribution in [0.3, 0.4) is 0 Å². The van der Waals surface area contributed by atoms with Crippen LogP contribution in [0, 0.1) is 5.41 Å². The lowest BCUT2D eigenvalue weighted by Gasteiger charge is -2.16. The molecular formula is C13H18N2O2S. The highest BCUT2D eigenvalue weighted by Crippen LogP contribution is 2.45. The number of hydrogen-bond acceptors (Lipinski definition) is 4. The fourth-order valence-corrected chi connectivity index (χ4v) is 3.47. The van der Waals surface area contributed by atoms with E-state index in [-0.39, 0.29) is 0 Å². The molecule has 1 heterocycles. The van der Waals surface area contributed by atoms with Crippen molar-refractivity contribution in [2.45, 2.75) is 44.9 Å². The zero-order chi connectivity index (χ0) is 12.8. The molecule has 0 amide bonds.